The number of nitrogens with one attached hydrogen (secondary N) is 1. The molecular weight excluding hydrogens is 419 g/mol. The Morgan fingerprint density at radius 2 is 1.61 bits per heavy atom. The molecule has 7 heteroatoms. The Bertz CT molecular complexity index is 1250. The van der Waals surface area contributed by atoms with Crippen LogP contribution in [0.5, 0.6) is 0 Å². The predicted molar refractivity (Wildman–Crippen MR) is 124 cm³/mol. The molecule has 0 saturated carbocycles. The molecule has 6 nitrogen and oxygen atoms in total. The number of nitrogens with zero attached hydrogens (tertiary/aromatic N) is 3. The van der Waals surface area contributed by atoms with Crippen LogP contribution < -0.4 is 10.2 Å². The number of hydrogen-bond donors (Lipinski definition) is 1. The number of rotatable bonds is 6. The third-order valence-corrected chi connectivity index (χ3v) is 5.14. The lowest BCUT2D eigenvalue weighted by Gasteiger charge is -2.32. The van der Waals surface area contributed by atoms with Gasteiger partial charge in [0.1, 0.15) is 17.6 Å². The van der Waals surface area contributed by atoms with Crippen molar-refractivity contribution in [2.24, 2.45) is 0 Å². The van der Waals surface area contributed by atoms with Crippen LogP contribution in [0.25, 0.3) is 0 Å². The number of halogens is 1. The Morgan fingerprint density at radius 3 is 2.27 bits per heavy atom. The molecule has 1 aromatic heterocycles. The fraction of sp³-hybridized carbons (Fsp3) is 0.0769. The van der Waals surface area contributed by atoms with E-state index in [2.05, 4.69) is 15.3 Å². The molecule has 33 heavy (non-hydrogen) atoms. The van der Waals surface area contributed by atoms with Crippen molar-refractivity contribution in [2.75, 3.05) is 10.2 Å². The van der Waals surface area contributed by atoms with Crippen LogP contribution in [0.3, 0.4) is 0 Å². The average molecular weight is 440 g/mol. The van der Waals surface area contributed by atoms with Crippen molar-refractivity contribution in [3.63, 3.8) is 0 Å². The van der Waals surface area contributed by atoms with Crippen LogP contribution in [0.15, 0.2) is 97.5 Å². The summed E-state index contributed by atoms with van der Waals surface area (Å²) in [5, 5.41) is 2.82. The Kier molecular flexibility index (Phi) is 6.50. The molecule has 0 radical (unpaired) electrons. The minimum atomic E-state index is -1.02. The van der Waals surface area contributed by atoms with Crippen molar-refractivity contribution in [1.82, 2.24) is 9.97 Å². The minimum absolute atomic E-state index is 0.106. The van der Waals surface area contributed by atoms with Gasteiger partial charge in [-0.15, -0.1) is 0 Å². The molecule has 0 aliphatic rings. The topological polar surface area (TPSA) is 75.2 Å². The number of benzene rings is 3. The zero-order chi connectivity index (χ0) is 23.2. The Balaban J connectivity index is 1.84. The van der Waals surface area contributed by atoms with Gasteiger partial charge in [0.15, 0.2) is 0 Å². The molecule has 0 aliphatic heterocycles. The molecule has 4 aromatic rings. The van der Waals surface area contributed by atoms with E-state index >= 15 is 0 Å². The lowest BCUT2D eigenvalue weighted by molar-refractivity contribution is -0.117. The molecule has 0 unspecified atom stereocenters. The van der Waals surface area contributed by atoms with Crippen molar-refractivity contribution in [3.05, 3.63) is 120 Å². The van der Waals surface area contributed by atoms with E-state index in [9.17, 15) is 14.0 Å². The van der Waals surface area contributed by atoms with Gasteiger partial charge in [0, 0.05) is 23.8 Å². The van der Waals surface area contributed by atoms with Crippen molar-refractivity contribution < 1.29 is 14.0 Å². The second-order valence-electron chi connectivity index (χ2n) is 7.36. The van der Waals surface area contributed by atoms with Gasteiger partial charge < -0.3 is 5.32 Å². The number of anilines is 2. The summed E-state index contributed by atoms with van der Waals surface area (Å²) in [6.07, 6.45) is 4.27. The van der Waals surface area contributed by atoms with Crippen molar-refractivity contribution in [1.29, 1.82) is 0 Å². The molecule has 0 bridgehead atoms. The van der Waals surface area contributed by atoms with E-state index in [0.717, 1.165) is 5.56 Å². The lowest BCUT2D eigenvalue weighted by Crippen LogP contribution is -2.42. The number of carbonyl (C=O) groups excluding carboxylic acids is 2. The molecule has 3 aromatic carbocycles. The maximum absolute atomic E-state index is 13.7. The van der Waals surface area contributed by atoms with E-state index in [1.807, 2.05) is 37.3 Å². The fourth-order valence-electron chi connectivity index (χ4n) is 3.54. The molecule has 0 fully saturated rings. The Hall–Kier alpha value is -4.39. The summed E-state index contributed by atoms with van der Waals surface area (Å²) in [7, 11) is 0. The zero-order valence-electron chi connectivity index (χ0n) is 17.9. The highest BCUT2D eigenvalue weighted by atomic mass is 19.1. The van der Waals surface area contributed by atoms with Gasteiger partial charge in [-0.25, -0.2) is 9.37 Å². The van der Waals surface area contributed by atoms with Gasteiger partial charge in [-0.05, 0) is 54.4 Å². The molecule has 1 atom stereocenters. The van der Waals surface area contributed by atoms with Crippen LogP contribution in [-0.2, 0) is 4.79 Å². The normalized spacial score (nSPS) is 11.5. The van der Waals surface area contributed by atoms with E-state index in [-0.39, 0.29) is 5.69 Å². The second-order valence-corrected chi connectivity index (χ2v) is 7.36. The predicted octanol–water partition coefficient (Wildman–Crippen LogP) is 4.95. The van der Waals surface area contributed by atoms with Gasteiger partial charge in [-0.1, -0.05) is 42.5 Å². The van der Waals surface area contributed by atoms with Gasteiger partial charge >= 0.3 is 0 Å². The largest absolute Gasteiger partial charge is 0.324 e. The van der Waals surface area contributed by atoms with Crippen molar-refractivity contribution in [2.45, 2.75) is 13.0 Å². The molecule has 164 valence electrons. The van der Waals surface area contributed by atoms with E-state index in [1.54, 1.807) is 24.3 Å². The molecular formula is C26H21FN4O2. The molecule has 1 heterocycles. The number of aromatic nitrogens is 2. The summed E-state index contributed by atoms with van der Waals surface area (Å²) < 4.78 is 13.4. The number of para-hydroxylation sites is 1. The smallest absolute Gasteiger partial charge is 0.279 e. The van der Waals surface area contributed by atoms with E-state index in [1.165, 1.54) is 47.8 Å². The zero-order valence-corrected chi connectivity index (χ0v) is 17.9. The third-order valence-electron chi connectivity index (χ3n) is 5.14. The number of amides is 2. The molecule has 4 rings (SSSR count). The summed E-state index contributed by atoms with van der Waals surface area (Å²) in [6.45, 7) is 1.88. The van der Waals surface area contributed by atoms with Crippen LogP contribution in [-0.4, -0.2) is 21.8 Å². The van der Waals surface area contributed by atoms with E-state index in [0.29, 0.717) is 16.9 Å². The number of aryl methyl sites for hydroxylation is 1. The van der Waals surface area contributed by atoms with Gasteiger partial charge in [-0.2, -0.15) is 0 Å². The van der Waals surface area contributed by atoms with Crippen LogP contribution in [0.2, 0.25) is 0 Å². The number of carbonyl (C=O) groups is 2. The van der Waals surface area contributed by atoms with Gasteiger partial charge in [0.05, 0.1) is 6.20 Å². The van der Waals surface area contributed by atoms with Gasteiger partial charge in [0.25, 0.3) is 11.8 Å². The first-order valence-electron chi connectivity index (χ1n) is 10.3. The molecule has 2 amide bonds. The molecule has 0 spiro atoms. The number of hydrogen-bond acceptors (Lipinski definition) is 4. The van der Waals surface area contributed by atoms with Crippen molar-refractivity contribution >= 4 is 23.2 Å². The van der Waals surface area contributed by atoms with Gasteiger partial charge in [0.2, 0.25) is 0 Å². The Morgan fingerprint density at radius 1 is 0.909 bits per heavy atom. The average Bonchev–Trinajstić information content (AvgIpc) is 2.85. The summed E-state index contributed by atoms with van der Waals surface area (Å²) >= 11 is 0. The Labute approximate surface area is 190 Å². The minimum Gasteiger partial charge on any atom is -0.324 e. The highest BCUT2D eigenvalue weighted by Crippen LogP contribution is 2.32. The quantitative estimate of drug-likeness (QED) is 0.460. The monoisotopic (exact) mass is 440 g/mol. The first-order valence-corrected chi connectivity index (χ1v) is 10.3. The standard InChI is InChI=1S/C26H21FN4O2/c1-18-7-5-6-10-22(18)24(25(32)30-20-13-11-19(27)12-14-20)31(21-8-3-2-4-9-21)26(33)23-17-28-15-16-29-23/h2-17,24H,1H3,(H,30,32)/t24-/m1/s1. The molecule has 1 N–H and O–H groups in total. The van der Waals surface area contributed by atoms with Gasteiger partial charge in [-0.3, -0.25) is 19.5 Å². The summed E-state index contributed by atoms with van der Waals surface area (Å²) in [5.41, 5.74) is 2.54. The molecule has 0 aliphatic carbocycles. The van der Waals surface area contributed by atoms with Crippen LogP contribution in [0, 0.1) is 12.7 Å². The third kappa shape index (κ3) is 4.93. The van der Waals surface area contributed by atoms with Crippen LogP contribution in [0.4, 0.5) is 15.8 Å². The summed E-state index contributed by atoms with van der Waals surface area (Å²) in [4.78, 5) is 36.9. The maximum atomic E-state index is 13.7. The summed E-state index contributed by atoms with van der Waals surface area (Å²) in [6, 6.07) is 20.7. The van der Waals surface area contributed by atoms with E-state index in [4.69, 9.17) is 0 Å². The second kappa shape index (κ2) is 9.82. The van der Waals surface area contributed by atoms with Crippen LogP contribution in [0.1, 0.15) is 27.7 Å². The van der Waals surface area contributed by atoms with Crippen molar-refractivity contribution in [3.8, 4) is 0 Å². The highest BCUT2D eigenvalue weighted by Gasteiger charge is 2.35. The van der Waals surface area contributed by atoms with E-state index < -0.39 is 23.7 Å². The highest BCUT2D eigenvalue weighted by molar-refractivity contribution is 6.11. The summed E-state index contributed by atoms with van der Waals surface area (Å²) in [5.74, 6) is -1.33. The lowest BCUT2D eigenvalue weighted by atomic mass is 9.97. The maximum Gasteiger partial charge on any atom is 0.279 e. The van der Waals surface area contributed by atoms with Crippen LogP contribution >= 0.6 is 0 Å². The first kappa shape index (κ1) is 21.8. The molecule has 0 saturated heterocycles. The fourth-order valence-corrected chi connectivity index (χ4v) is 3.54. The first-order chi connectivity index (χ1) is 16.0. The SMILES string of the molecule is Cc1ccccc1[C@H](C(=O)Nc1ccc(F)cc1)N(C(=O)c1cnccn1)c1ccccc1.